The van der Waals surface area contributed by atoms with E-state index in [4.69, 9.17) is 11.6 Å². The summed E-state index contributed by atoms with van der Waals surface area (Å²) in [6, 6.07) is 9.55. The SMILES string of the molecule is Cc1cc(N2N=Cc3c(Cl)cccc3N2)c(O)c(C(C)(C)C)c1. The van der Waals surface area contributed by atoms with Gasteiger partial charge in [0.25, 0.3) is 0 Å². The van der Waals surface area contributed by atoms with Gasteiger partial charge in [-0.1, -0.05) is 44.5 Å². The summed E-state index contributed by atoms with van der Waals surface area (Å²) in [4.78, 5) is 0. The lowest BCUT2D eigenvalue weighted by Crippen LogP contribution is -2.28. The van der Waals surface area contributed by atoms with Gasteiger partial charge in [-0.15, -0.1) is 0 Å². The van der Waals surface area contributed by atoms with Gasteiger partial charge in [0, 0.05) is 11.1 Å². The van der Waals surface area contributed by atoms with Crippen molar-refractivity contribution < 1.29 is 5.11 Å². The standard InChI is InChI=1S/C18H20ClN3O/c1-11-8-13(18(2,3)4)17(23)16(9-11)22-20-10-12-14(19)6-5-7-15(12)21-22/h5-10,21,23H,1-4H3. The number of hydrazone groups is 1. The van der Waals surface area contributed by atoms with Gasteiger partial charge >= 0.3 is 0 Å². The van der Waals surface area contributed by atoms with Crippen molar-refractivity contribution in [1.29, 1.82) is 0 Å². The van der Waals surface area contributed by atoms with Crippen LogP contribution >= 0.6 is 11.6 Å². The maximum atomic E-state index is 10.7. The van der Waals surface area contributed by atoms with Crippen molar-refractivity contribution in [3.05, 3.63) is 52.0 Å². The van der Waals surface area contributed by atoms with Crippen LogP contribution in [0.5, 0.6) is 5.75 Å². The van der Waals surface area contributed by atoms with E-state index in [1.54, 1.807) is 11.3 Å². The van der Waals surface area contributed by atoms with Crippen LogP contribution in [0, 0.1) is 6.92 Å². The van der Waals surface area contributed by atoms with Crippen molar-refractivity contribution >= 4 is 29.2 Å². The fourth-order valence-electron chi connectivity index (χ4n) is 2.64. The smallest absolute Gasteiger partial charge is 0.146 e. The van der Waals surface area contributed by atoms with Crippen LogP contribution in [0.15, 0.2) is 35.4 Å². The Morgan fingerprint density at radius 3 is 2.65 bits per heavy atom. The zero-order chi connectivity index (χ0) is 16.8. The molecule has 0 unspecified atom stereocenters. The maximum absolute atomic E-state index is 10.7. The lowest BCUT2D eigenvalue weighted by atomic mass is 9.85. The molecule has 0 radical (unpaired) electrons. The Kier molecular flexibility index (Phi) is 3.72. The molecule has 0 bridgehead atoms. The van der Waals surface area contributed by atoms with Crippen molar-refractivity contribution in [2.24, 2.45) is 5.10 Å². The normalized spacial score (nSPS) is 13.7. The fraction of sp³-hybridized carbons (Fsp3) is 0.278. The van der Waals surface area contributed by atoms with Crippen LogP contribution in [0.3, 0.4) is 0 Å². The molecule has 4 nitrogen and oxygen atoms in total. The summed E-state index contributed by atoms with van der Waals surface area (Å²) >= 11 is 6.18. The Bertz CT molecular complexity index is 794. The van der Waals surface area contributed by atoms with Crippen molar-refractivity contribution in [2.75, 3.05) is 10.5 Å². The molecular formula is C18H20ClN3O. The van der Waals surface area contributed by atoms with E-state index in [0.29, 0.717) is 10.7 Å². The number of hydrogen-bond acceptors (Lipinski definition) is 4. The largest absolute Gasteiger partial charge is 0.505 e. The summed E-state index contributed by atoms with van der Waals surface area (Å²) in [5.41, 5.74) is 7.30. The van der Waals surface area contributed by atoms with Gasteiger partial charge in [0.2, 0.25) is 0 Å². The first kappa shape index (κ1) is 15.7. The van der Waals surface area contributed by atoms with E-state index in [2.05, 4.69) is 31.3 Å². The molecule has 3 rings (SSSR count). The Labute approximate surface area is 141 Å². The van der Waals surface area contributed by atoms with Gasteiger partial charge < -0.3 is 5.11 Å². The number of nitrogens with zero attached hydrogens (tertiary/aromatic N) is 2. The first-order chi connectivity index (χ1) is 10.8. The lowest BCUT2D eigenvalue weighted by Gasteiger charge is -2.29. The number of aromatic hydroxyl groups is 1. The monoisotopic (exact) mass is 329 g/mol. The van der Waals surface area contributed by atoms with Crippen LogP contribution in [0.4, 0.5) is 11.4 Å². The minimum Gasteiger partial charge on any atom is -0.505 e. The predicted octanol–water partition coefficient (Wildman–Crippen LogP) is 4.83. The molecule has 5 heteroatoms. The first-order valence-corrected chi connectivity index (χ1v) is 7.88. The number of fused-ring (bicyclic) bond motifs is 1. The number of phenols is 1. The van der Waals surface area contributed by atoms with Crippen LogP contribution in [0.25, 0.3) is 0 Å². The first-order valence-electron chi connectivity index (χ1n) is 7.51. The Hall–Kier alpha value is -2.20. The number of rotatable bonds is 1. The number of hydrazine groups is 1. The van der Waals surface area contributed by atoms with Gasteiger partial charge in [0.15, 0.2) is 0 Å². The zero-order valence-corrected chi connectivity index (χ0v) is 14.4. The number of phenolic OH excluding ortho intramolecular Hbond substituents is 1. The second-order valence-corrected chi connectivity index (χ2v) is 7.21. The zero-order valence-electron chi connectivity index (χ0n) is 13.7. The molecular weight excluding hydrogens is 310 g/mol. The summed E-state index contributed by atoms with van der Waals surface area (Å²) in [5, 5.41) is 17.3. The summed E-state index contributed by atoms with van der Waals surface area (Å²) < 4.78 is 0. The minimum absolute atomic E-state index is 0.161. The number of aryl methyl sites for hydroxylation is 1. The van der Waals surface area contributed by atoms with Crippen molar-refractivity contribution in [2.45, 2.75) is 33.1 Å². The number of nitrogens with one attached hydrogen (secondary N) is 1. The van der Waals surface area contributed by atoms with Crippen LogP contribution in [0.2, 0.25) is 5.02 Å². The van der Waals surface area contributed by atoms with Gasteiger partial charge in [-0.3, -0.25) is 5.43 Å². The molecule has 0 atom stereocenters. The molecule has 2 aromatic carbocycles. The third-order valence-electron chi connectivity index (χ3n) is 3.85. The van der Waals surface area contributed by atoms with Crippen molar-refractivity contribution in [3.63, 3.8) is 0 Å². The van der Waals surface area contributed by atoms with E-state index < -0.39 is 0 Å². The molecule has 0 spiro atoms. The summed E-state index contributed by atoms with van der Waals surface area (Å²) in [5.74, 6) is 0.234. The van der Waals surface area contributed by atoms with E-state index in [1.165, 1.54) is 0 Å². The Morgan fingerprint density at radius 1 is 1.22 bits per heavy atom. The molecule has 0 saturated heterocycles. The van der Waals surface area contributed by atoms with Gasteiger partial charge in [0.1, 0.15) is 11.4 Å². The third-order valence-corrected chi connectivity index (χ3v) is 4.18. The summed E-state index contributed by atoms with van der Waals surface area (Å²) in [6.45, 7) is 8.24. The van der Waals surface area contributed by atoms with Crippen LogP contribution in [-0.2, 0) is 5.41 Å². The highest BCUT2D eigenvalue weighted by Gasteiger charge is 2.24. The van der Waals surface area contributed by atoms with Crippen LogP contribution in [-0.4, -0.2) is 11.3 Å². The van der Waals surface area contributed by atoms with E-state index in [9.17, 15) is 5.11 Å². The molecule has 0 amide bonds. The Balaban J connectivity index is 2.07. The molecule has 0 aromatic heterocycles. The maximum Gasteiger partial charge on any atom is 0.146 e. The van der Waals surface area contributed by atoms with E-state index in [0.717, 1.165) is 22.4 Å². The molecule has 23 heavy (non-hydrogen) atoms. The molecule has 120 valence electrons. The molecule has 2 aromatic rings. The van der Waals surface area contributed by atoms with E-state index in [-0.39, 0.29) is 11.2 Å². The van der Waals surface area contributed by atoms with E-state index >= 15 is 0 Å². The molecule has 1 aliphatic heterocycles. The average molecular weight is 330 g/mol. The number of halogens is 1. The predicted molar refractivity (Wildman–Crippen MR) is 96.7 cm³/mol. The molecule has 0 aliphatic carbocycles. The topological polar surface area (TPSA) is 47.9 Å². The van der Waals surface area contributed by atoms with Gasteiger partial charge in [0.05, 0.1) is 16.9 Å². The van der Waals surface area contributed by atoms with Crippen LogP contribution in [0.1, 0.15) is 37.5 Å². The number of anilines is 2. The lowest BCUT2D eigenvalue weighted by molar-refractivity contribution is 0.446. The van der Waals surface area contributed by atoms with Crippen molar-refractivity contribution in [3.8, 4) is 5.75 Å². The highest BCUT2D eigenvalue weighted by Crippen LogP contribution is 2.40. The minimum atomic E-state index is -0.161. The molecule has 2 N–H and O–H groups in total. The summed E-state index contributed by atoms with van der Waals surface area (Å²) in [6.07, 6.45) is 1.70. The Morgan fingerprint density at radius 2 is 1.96 bits per heavy atom. The second kappa shape index (κ2) is 5.46. The molecule has 0 saturated carbocycles. The molecule has 1 heterocycles. The van der Waals surface area contributed by atoms with Crippen molar-refractivity contribution in [1.82, 2.24) is 0 Å². The molecule has 1 aliphatic rings. The van der Waals surface area contributed by atoms with Gasteiger partial charge in [-0.2, -0.15) is 10.2 Å². The van der Waals surface area contributed by atoms with Crippen LogP contribution < -0.4 is 10.5 Å². The van der Waals surface area contributed by atoms with Gasteiger partial charge in [-0.25, -0.2) is 0 Å². The quantitative estimate of drug-likeness (QED) is 0.787. The average Bonchev–Trinajstić information content (AvgIpc) is 2.48. The highest BCUT2D eigenvalue weighted by molar-refractivity contribution is 6.33. The highest BCUT2D eigenvalue weighted by atomic mass is 35.5. The molecule has 0 fully saturated rings. The third kappa shape index (κ3) is 2.86. The number of benzene rings is 2. The van der Waals surface area contributed by atoms with Gasteiger partial charge in [-0.05, 0) is 36.1 Å². The summed E-state index contributed by atoms with van der Waals surface area (Å²) in [7, 11) is 0. The second-order valence-electron chi connectivity index (χ2n) is 6.80. The number of hydrogen-bond donors (Lipinski definition) is 2. The fourth-order valence-corrected chi connectivity index (χ4v) is 2.86. The van der Waals surface area contributed by atoms with E-state index in [1.807, 2.05) is 37.3 Å².